The SMILES string of the molecule is CCn1[c-]cnn1.[Y]. The maximum Gasteiger partial charge on any atom is 0.00262 e. The second-order valence-electron chi connectivity index (χ2n) is 1.18. The van der Waals surface area contributed by atoms with Crippen LogP contribution in [0.3, 0.4) is 0 Å². The molecule has 4 heteroatoms. The zero-order valence-corrected chi connectivity index (χ0v) is 7.54. The van der Waals surface area contributed by atoms with Crippen LogP contribution in [0.5, 0.6) is 0 Å². The van der Waals surface area contributed by atoms with Crippen molar-refractivity contribution < 1.29 is 32.7 Å². The summed E-state index contributed by atoms with van der Waals surface area (Å²) in [6.07, 6.45) is 4.33. The van der Waals surface area contributed by atoms with Gasteiger partial charge in [-0.15, -0.1) is 11.4 Å². The van der Waals surface area contributed by atoms with Crippen LogP contribution in [0, 0.1) is 6.20 Å². The van der Waals surface area contributed by atoms with E-state index in [1.807, 2.05) is 6.92 Å². The van der Waals surface area contributed by atoms with Crippen LogP contribution < -0.4 is 0 Å². The van der Waals surface area contributed by atoms with Gasteiger partial charge in [-0.1, -0.05) is 0 Å². The van der Waals surface area contributed by atoms with E-state index in [0.29, 0.717) is 0 Å². The summed E-state index contributed by atoms with van der Waals surface area (Å²) in [6.45, 7) is 2.84. The van der Waals surface area contributed by atoms with Gasteiger partial charge in [-0.2, -0.15) is 5.10 Å². The molecule has 0 amide bonds. The first-order chi connectivity index (χ1) is 3.43. The smallest absolute Gasteiger partial charge is 0.00262 e. The van der Waals surface area contributed by atoms with Gasteiger partial charge in [0.25, 0.3) is 0 Å². The fraction of sp³-hybridized carbons (Fsp3) is 0.500. The Kier molecular flexibility index (Phi) is 4.28. The van der Waals surface area contributed by atoms with E-state index in [1.165, 1.54) is 0 Å². The standard InChI is InChI=1S/C4H6N3.Y/c1-2-7-4-3-5-6-7;/h3H,2H2,1H3;/q-1;. The molecule has 1 radical (unpaired) electrons. The predicted octanol–water partition coefficient (Wildman–Crippen LogP) is 0.0957. The van der Waals surface area contributed by atoms with Crippen LogP contribution in [0.15, 0.2) is 6.20 Å². The van der Waals surface area contributed by atoms with Crippen molar-refractivity contribution in [3.05, 3.63) is 12.4 Å². The van der Waals surface area contributed by atoms with Crippen molar-refractivity contribution in [1.29, 1.82) is 0 Å². The molecule has 0 aliphatic heterocycles. The van der Waals surface area contributed by atoms with Crippen molar-refractivity contribution >= 4 is 0 Å². The van der Waals surface area contributed by atoms with Gasteiger partial charge in [0.15, 0.2) is 0 Å². The Hall–Kier alpha value is 0.244. The van der Waals surface area contributed by atoms with E-state index < -0.39 is 0 Å². The molecule has 3 nitrogen and oxygen atoms in total. The molecular weight excluding hydrogens is 179 g/mol. The van der Waals surface area contributed by atoms with Crippen molar-refractivity contribution in [2.24, 2.45) is 0 Å². The van der Waals surface area contributed by atoms with Gasteiger partial charge < -0.3 is 10.9 Å². The molecule has 8 heavy (non-hydrogen) atoms. The van der Waals surface area contributed by atoms with E-state index in [0.717, 1.165) is 6.54 Å². The van der Waals surface area contributed by atoms with Gasteiger partial charge in [-0.05, 0) is 6.92 Å². The molecule has 1 rings (SSSR count). The van der Waals surface area contributed by atoms with Gasteiger partial charge in [0.2, 0.25) is 0 Å². The molecule has 0 bridgehead atoms. The molecule has 0 atom stereocenters. The van der Waals surface area contributed by atoms with Gasteiger partial charge in [-0.3, -0.25) is 0 Å². The first kappa shape index (κ1) is 8.24. The summed E-state index contributed by atoms with van der Waals surface area (Å²) in [6, 6.07) is 0. The third kappa shape index (κ3) is 2.01. The van der Waals surface area contributed by atoms with Crippen LogP contribution in [0.25, 0.3) is 0 Å². The maximum atomic E-state index is 3.65. The normalized spacial score (nSPS) is 8.12. The predicted molar refractivity (Wildman–Crippen MR) is 24.5 cm³/mol. The van der Waals surface area contributed by atoms with Gasteiger partial charge in [0.05, 0.1) is 0 Å². The van der Waals surface area contributed by atoms with Gasteiger partial charge in [0, 0.05) is 39.3 Å². The van der Waals surface area contributed by atoms with Crippen molar-refractivity contribution in [2.75, 3.05) is 0 Å². The second-order valence-corrected chi connectivity index (χ2v) is 1.18. The molecule has 1 aromatic rings. The third-order valence-corrected chi connectivity index (χ3v) is 0.724. The Morgan fingerprint density at radius 3 is 2.75 bits per heavy atom. The molecule has 0 aliphatic rings. The molecule has 0 aliphatic carbocycles. The number of hydrogen-bond acceptors (Lipinski definition) is 2. The molecular formula is C4H6N3Y-. The summed E-state index contributed by atoms with van der Waals surface area (Å²) in [5.74, 6) is 0. The number of aryl methyl sites for hydroxylation is 1. The molecule has 0 spiro atoms. The average molecular weight is 185 g/mol. The number of nitrogens with zero attached hydrogens (tertiary/aromatic N) is 3. The van der Waals surface area contributed by atoms with E-state index in [-0.39, 0.29) is 32.7 Å². The van der Waals surface area contributed by atoms with Crippen LogP contribution in [0.1, 0.15) is 6.92 Å². The fourth-order valence-electron chi connectivity index (χ4n) is 0.361. The van der Waals surface area contributed by atoms with Crippen molar-refractivity contribution in [1.82, 2.24) is 15.0 Å². The number of hydrogen-bond donors (Lipinski definition) is 0. The Bertz CT molecular complexity index is 126. The first-order valence-electron chi connectivity index (χ1n) is 2.19. The maximum absolute atomic E-state index is 3.65. The molecule has 41 valence electrons. The molecule has 0 saturated carbocycles. The second kappa shape index (κ2) is 4.16. The third-order valence-electron chi connectivity index (χ3n) is 0.724. The minimum atomic E-state index is 0. The number of aromatic nitrogens is 3. The van der Waals surface area contributed by atoms with Crippen LogP contribution in [-0.2, 0) is 39.3 Å². The summed E-state index contributed by atoms with van der Waals surface area (Å²) in [4.78, 5) is 0. The van der Waals surface area contributed by atoms with Crippen molar-refractivity contribution in [2.45, 2.75) is 13.5 Å². The molecule has 0 unspecified atom stereocenters. The van der Waals surface area contributed by atoms with Crippen LogP contribution in [0.2, 0.25) is 0 Å². The Morgan fingerprint density at radius 1 is 1.75 bits per heavy atom. The minimum Gasteiger partial charge on any atom is -0.426 e. The average Bonchev–Trinajstić information content (AvgIpc) is 2.14. The summed E-state index contributed by atoms with van der Waals surface area (Å²) < 4.78 is 1.64. The zero-order chi connectivity index (χ0) is 5.11. The van der Waals surface area contributed by atoms with Gasteiger partial charge in [0.1, 0.15) is 0 Å². The van der Waals surface area contributed by atoms with Crippen LogP contribution in [0.4, 0.5) is 0 Å². The molecule has 1 heterocycles. The Balaban J connectivity index is 0.000000490. The van der Waals surface area contributed by atoms with Gasteiger partial charge >= 0.3 is 0 Å². The number of rotatable bonds is 1. The summed E-state index contributed by atoms with van der Waals surface area (Å²) in [5, 5.41) is 7.20. The van der Waals surface area contributed by atoms with E-state index in [4.69, 9.17) is 0 Å². The Morgan fingerprint density at radius 2 is 2.50 bits per heavy atom. The topological polar surface area (TPSA) is 30.7 Å². The Labute approximate surface area is 73.3 Å². The summed E-state index contributed by atoms with van der Waals surface area (Å²) >= 11 is 0. The largest absolute Gasteiger partial charge is 0.426 e. The molecule has 0 saturated heterocycles. The summed E-state index contributed by atoms with van der Waals surface area (Å²) in [7, 11) is 0. The minimum absolute atomic E-state index is 0. The van der Waals surface area contributed by atoms with E-state index in [1.54, 1.807) is 10.9 Å². The van der Waals surface area contributed by atoms with Crippen LogP contribution in [-0.4, -0.2) is 15.0 Å². The van der Waals surface area contributed by atoms with Crippen molar-refractivity contribution in [3.8, 4) is 0 Å². The van der Waals surface area contributed by atoms with Gasteiger partial charge in [-0.25, -0.2) is 0 Å². The van der Waals surface area contributed by atoms with E-state index in [9.17, 15) is 0 Å². The first-order valence-corrected chi connectivity index (χ1v) is 2.19. The van der Waals surface area contributed by atoms with Crippen molar-refractivity contribution in [3.63, 3.8) is 0 Å². The molecule has 0 aromatic carbocycles. The molecule has 0 fully saturated rings. The quantitative estimate of drug-likeness (QED) is 0.580. The monoisotopic (exact) mass is 185 g/mol. The molecule has 0 N–H and O–H groups in total. The van der Waals surface area contributed by atoms with E-state index >= 15 is 0 Å². The zero-order valence-electron chi connectivity index (χ0n) is 4.70. The van der Waals surface area contributed by atoms with Crippen LogP contribution >= 0.6 is 0 Å². The summed E-state index contributed by atoms with van der Waals surface area (Å²) in [5.41, 5.74) is 0. The fourth-order valence-corrected chi connectivity index (χ4v) is 0.361. The molecule has 1 aromatic heterocycles. The van der Waals surface area contributed by atoms with E-state index in [2.05, 4.69) is 16.5 Å².